The summed E-state index contributed by atoms with van der Waals surface area (Å²) in [5.74, 6) is 0.772. The molecular weight excluding hydrogens is 220 g/mol. The third-order valence-electron chi connectivity index (χ3n) is 1.59. The van der Waals surface area contributed by atoms with Crippen LogP contribution in [0.5, 0.6) is 5.75 Å². The van der Waals surface area contributed by atoms with Crippen molar-refractivity contribution in [2.24, 2.45) is 0 Å². The molecule has 0 spiro atoms. The highest BCUT2D eigenvalue weighted by Gasteiger charge is 2.04. The predicted octanol–water partition coefficient (Wildman–Crippen LogP) is 2.08. The lowest BCUT2D eigenvalue weighted by molar-refractivity contribution is 0.412. The van der Waals surface area contributed by atoms with E-state index < -0.39 is 0 Å². The molecule has 0 fully saturated rings. The van der Waals surface area contributed by atoms with Crippen LogP contribution in [0.4, 0.5) is 11.4 Å². The van der Waals surface area contributed by atoms with E-state index in [9.17, 15) is 0 Å². The van der Waals surface area contributed by atoms with Gasteiger partial charge in [-0.2, -0.15) is 0 Å². The third kappa shape index (κ3) is 1.64. The van der Waals surface area contributed by atoms with Crippen LogP contribution < -0.4 is 15.8 Å². The number of anilines is 2. The quantitative estimate of drug-likeness (QED) is 0.766. The van der Waals surface area contributed by atoms with Crippen molar-refractivity contribution in [3.05, 3.63) is 16.6 Å². The van der Waals surface area contributed by atoms with E-state index in [1.165, 1.54) is 0 Å². The van der Waals surface area contributed by atoms with Crippen molar-refractivity contribution in [2.75, 3.05) is 25.2 Å². The highest BCUT2D eigenvalue weighted by Crippen LogP contribution is 2.32. The van der Waals surface area contributed by atoms with Crippen LogP contribution in [-0.4, -0.2) is 14.2 Å². The molecule has 1 aromatic carbocycles. The number of ether oxygens (including phenoxy) is 1. The molecular formula is C8H11BrN2O. The van der Waals surface area contributed by atoms with E-state index in [1.54, 1.807) is 7.11 Å². The average Bonchev–Trinajstić information content (AvgIpc) is 2.05. The van der Waals surface area contributed by atoms with Crippen LogP contribution >= 0.6 is 15.9 Å². The molecule has 1 rings (SSSR count). The number of benzene rings is 1. The summed E-state index contributed by atoms with van der Waals surface area (Å²) in [5, 5.41) is 2.97. The molecule has 0 aliphatic carbocycles. The van der Waals surface area contributed by atoms with Crippen LogP contribution in [-0.2, 0) is 0 Å². The van der Waals surface area contributed by atoms with Crippen LogP contribution in [0.15, 0.2) is 16.6 Å². The van der Waals surface area contributed by atoms with Gasteiger partial charge in [-0.1, -0.05) is 0 Å². The predicted molar refractivity (Wildman–Crippen MR) is 54.7 cm³/mol. The Morgan fingerprint density at radius 1 is 1.50 bits per heavy atom. The SMILES string of the molecule is CNc1cc(OC)c(Br)cc1N. The Bertz CT molecular complexity index is 263. The Morgan fingerprint density at radius 3 is 2.67 bits per heavy atom. The maximum atomic E-state index is 5.71. The topological polar surface area (TPSA) is 47.3 Å². The molecule has 4 heteroatoms. The number of hydrogen-bond acceptors (Lipinski definition) is 3. The third-order valence-corrected chi connectivity index (χ3v) is 2.21. The minimum Gasteiger partial charge on any atom is -0.495 e. The van der Waals surface area contributed by atoms with E-state index in [0.29, 0.717) is 5.69 Å². The summed E-state index contributed by atoms with van der Waals surface area (Å²) in [5.41, 5.74) is 7.28. The molecule has 0 saturated heterocycles. The highest BCUT2D eigenvalue weighted by molar-refractivity contribution is 9.10. The number of nitrogens with one attached hydrogen (secondary N) is 1. The Morgan fingerprint density at radius 2 is 2.17 bits per heavy atom. The second-order valence-corrected chi connectivity index (χ2v) is 3.18. The van der Waals surface area contributed by atoms with Crippen molar-refractivity contribution in [3.63, 3.8) is 0 Å². The highest BCUT2D eigenvalue weighted by atomic mass is 79.9. The fourth-order valence-corrected chi connectivity index (χ4v) is 1.46. The number of halogens is 1. The van der Waals surface area contributed by atoms with Gasteiger partial charge >= 0.3 is 0 Å². The zero-order valence-electron chi connectivity index (χ0n) is 7.02. The van der Waals surface area contributed by atoms with Gasteiger partial charge in [-0.25, -0.2) is 0 Å². The normalized spacial score (nSPS) is 9.58. The van der Waals surface area contributed by atoms with Gasteiger partial charge in [0.1, 0.15) is 5.75 Å². The molecule has 12 heavy (non-hydrogen) atoms. The van der Waals surface area contributed by atoms with Gasteiger partial charge in [-0.3, -0.25) is 0 Å². The van der Waals surface area contributed by atoms with Gasteiger partial charge in [-0.15, -0.1) is 0 Å². The Labute approximate surface area is 80.0 Å². The van der Waals surface area contributed by atoms with E-state index in [1.807, 2.05) is 19.2 Å². The molecule has 0 radical (unpaired) electrons. The standard InChI is InChI=1S/C8H11BrN2O/c1-11-7-4-8(12-2)5(9)3-6(7)10/h3-4,11H,10H2,1-2H3. The van der Waals surface area contributed by atoms with E-state index in [0.717, 1.165) is 15.9 Å². The lowest BCUT2D eigenvalue weighted by Gasteiger charge is -2.09. The van der Waals surface area contributed by atoms with Gasteiger partial charge in [0.05, 0.1) is 23.0 Å². The van der Waals surface area contributed by atoms with E-state index in [-0.39, 0.29) is 0 Å². The van der Waals surface area contributed by atoms with Crippen LogP contribution in [0.3, 0.4) is 0 Å². The summed E-state index contributed by atoms with van der Waals surface area (Å²) in [4.78, 5) is 0. The van der Waals surface area contributed by atoms with Crippen molar-refractivity contribution < 1.29 is 4.74 Å². The first kappa shape index (κ1) is 9.19. The summed E-state index contributed by atoms with van der Waals surface area (Å²) < 4.78 is 5.96. The average molecular weight is 231 g/mol. The second-order valence-electron chi connectivity index (χ2n) is 2.32. The number of methoxy groups -OCH3 is 1. The maximum Gasteiger partial charge on any atom is 0.135 e. The van der Waals surface area contributed by atoms with Crippen molar-refractivity contribution in [3.8, 4) is 5.75 Å². The molecule has 0 aliphatic rings. The van der Waals surface area contributed by atoms with Gasteiger partial charge in [0.15, 0.2) is 0 Å². The molecule has 3 nitrogen and oxygen atoms in total. The molecule has 0 bridgehead atoms. The van der Waals surface area contributed by atoms with Crippen LogP contribution in [0.2, 0.25) is 0 Å². The summed E-state index contributed by atoms with van der Waals surface area (Å²) in [6.45, 7) is 0. The zero-order valence-corrected chi connectivity index (χ0v) is 8.60. The summed E-state index contributed by atoms with van der Waals surface area (Å²) >= 11 is 3.34. The lowest BCUT2D eigenvalue weighted by Crippen LogP contribution is -1.96. The van der Waals surface area contributed by atoms with Crippen molar-refractivity contribution in [2.45, 2.75) is 0 Å². The largest absolute Gasteiger partial charge is 0.495 e. The summed E-state index contributed by atoms with van der Waals surface area (Å²) in [6.07, 6.45) is 0. The molecule has 0 heterocycles. The van der Waals surface area contributed by atoms with E-state index in [2.05, 4.69) is 21.2 Å². The molecule has 0 amide bonds. The van der Waals surface area contributed by atoms with E-state index >= 15 is 0 Å². The van der Waals surface area contributed by atoms with E-state index in [4.69, 9.17) is 10.5 Å². The number of hydrogen-bond donors (Lipinski definition) is 2. The molecule has 3 N–H and O–H groups in total. The fourth-order valence-electron chi connectivity index (χ4n) is 0.942. The van der Waals surface area contributed by atoms with Crippen LogP contribution in [0.25, 0.3) is 0 Å². The van der Waals surface area contributed by atoms with Crippen LogP contribution in [0, 0.1) is 0 Å². The van der Waals surface area contributed by atoms with Crippen molar-refractivity contribution in [1.82, 2.24) is 0 Å². The first-order chi connectivity index (χ1) is 5.69. The monoisotopic (exact) mass is 230 g/mol. The smallest absolute Gasteiger partial charge is 0.135 e. The number of nitrogens with two attached hydrogens (primary N) is 1. The van der Waals surface area contributed by atoms with Gasteiger partial charge in [-0.05, 0) is 22.0 Å². The minimum atomic E-state index is 0.699. The Hall–Kier alpha value is -0.900. The van der Waals surface area contributed by atoms with Gasteiger partial charge in [0.2, 0.25) is 0 Å². The van der Waals surface area contributed by atoms with Gasteiger partial charge in [0.25, 0.3) is 0 Å². The maximum absolute atomic E-state index is 5.71. The Balaban J connectivity index is 3.18. The number of rotatable bonds is 2. The molecule has 0 aliphatic heterocycles. The molecule has 0 unspecified atom stereocenters. The zero-order chi connectivity index (χ0) is 9.14. The molecule has 0 saturated carbocycles. The molecule has 66 valence electrons. The van der Waals surface area contributed by atoms with Crippen molar-refractivity contribution >= 4 is 27.3 Å². The molecule has 0 atom stereocenters. The summed E-state index contributed by atoms with van der Waals surface area (Å²) in [7, 11) is 3.44. The number of nitrogen functional groups attached to an aromatic ring is 1. The van der Waals surface area contributed by atoms with Crippen molar-refractivity contribution in [1.29, 1.82) is 0 Å². The Kier molecular flexibility index (Phi) is 2.81. The van der Waals surface area contributed by atoms with Crippen LogP contribution in [0.1, 0.15) is 0 Å². The second kappa shape index (κ2) is 3.67. The van der Waals surface area contributed by atoms with Gasteiger partial charge < -0.3 is 15.8 Å². The first-order valence-electron chi connectivity index (χ1n) is 3.49. The minimum absolute atomic E-state index is 0.699. The summed E-state index contributed by atoms with van der Waals surface area (Å²) in [6, 6.07) is 3.66. The first-order valence-corrected chi connectivity index (χ1v) is 4.29. The fraction of sp³-hybridized carbons (Fsp3) is 0.250. The molecule has 1 aromatic rings. The molecule has 0 aromatic heterocycles. The lowest BCUT2D eigenvalue weighted by atomic mass is 10.2. The van der Waals surface area contributed by atoms with Gasteiger partial charge in [0, 0.05) is 13.1 Å².